The fraction of sp³-hybridized carbons (Fsp3) is 0.105. The van der Waals surface area contributed by atoms with E-state index in [1.54, 1.807) is 41.8 Å². The number of amides is 1. The van der Waals surface area contributed by atoms with Crippen LogP contribution in [-0.2, 0) is 6.61 Å². The molecule has 4 aromatic rings. The van der Waals surface area contributed by atoms with Gasteiger partial charge in [0.1, 0.15) is 18.1 Å². The molecular weight excluding hydrogens is 394 g/mol. The Labute approximate surface area is 169 Å². The van der Waals surface area contributed by atoms with Gasteiger partial charge in [0.2, 0.25) is 5.13 Å². The number of nitrogens with one attached hydrogen (secondary N) is 1. The maximum atomic E-state index is 12.5. The zero-order valence-electron chi connectivity index (χ0n) is 14.8. The number of benzene rings is 1. The van der Waals surface area contributed by atoms with Gasteiger partial charge in [0.05, 0.1) is 10.7 Å². The van der Waals surface area contributed by atoms with Crippen molar-refractivity contribution in [1.29, 1.82) is 0 Å². The third kappa shape index (κ3) is 4.38. The molecule has 9 heteroatoms. The first-order valence-electron chi connectivity index (χ1n) is 8.37. The van der Waals surface area contributed by atoms with Crippen molar-refractivity contribution >= 4 is 33.7 Å². The number of aryl methyl sites for hydroxylation is 1. The van der Waals surface area contributed by atoms with Crippen molar-refractivity contribution in [2.24, 2.45) is 0 Å². The predicted molar refractivity (Wildman–Crippen MR) is 109 cm³/mol. The monoisotopic (exact) mass is 409 g/mol. The Hall–Kier alpha value is -3.17. The minimum atomic E-state index is -0.279. The molecule has 3 heterocycles. The molecule has 0 fully saturated rings. The second kappa shape index (κ2) is 8.24. The van der Waals surface area contributed by atoms with Crippen LogP contribution in [0.3, 0.4) is 0 Å². The highest BCUT2D eigenvalue weighted by Gasteiger charge is 2.12. The molecule has 0 bridgehead atoms. The van der Waals surface area contributed by atoms with Crippen LogP contribution in [0, 0.1) is 6.92 Å². The molecule has 28 heavy (non-hydrogen) atoms. The Balaban J connectivity index is 1.41. The molecule has 0 aliphatic heterocycles. The number of thiazole rings is 1. The lowest BCUT2D eigenvalue weighted by Crippen LogP contribution is -2.11. The van der Waals surface area contributed by atoms with Gasteiger partial charge in [-0.2, -0.15) is 0 Å². The van der Waals surface area contributed by atoms with Crippen LogP contribution in [0.4, 0.5) is 5.13 Å². The Kier molecular flexibility index (Phi) is 5.36. The van der Waals surface area contributed by atoms with Crippen molar-refractivity contribution < 1.29 is 9.53 Å². The summed E-state index contributed by atoms with van der Waals surface area (Å²) < 4.78 is 5.74. The topological polar surface area (TPSA) is 89.9 Å². The Morgan fingerprint density at radius 2 is 2.11 bits per heavy atom. The van der Waals surface area contributed by atoms with Gasteiger partial charge in [-0.15, -0.1) is 21.5 Å². The van der Waals surface area contributed by atoms with E-state index < -0.39 is 0 Å². The van der Waals surface area contributed by atoms with Crippen LogP contribution in [0.2, 0.25) is 0 Å². The summed E-state index contributed by atoms with van der Waals surface area (Å²) in [6, 6.07) is 12.5. The van der Waals surface area contributed by atoms with E-state index in [0.29, 0.717) is 33.8 Å². The van der Waals surface area contributed by atoms with Gasteiger partial charge < -0.3 is 4.74 Å². The van der Waals surface area contributed by atoms with E-state index in [9.17, 15) is 4.79 Å². The molecule has 1 N–H and O–H groups in total. The molecule has 3 aromatic heterocycles. The summed E-state index contributed by atoms with van der Waals surface area (Å²) in [7, 11) is 0. The molecule has 4 rings (SSSR count). The van der Waals surface area contributed by atoms with E-state index >= 15 is 0 Å². The maximum Gasteiger partial charge on any atom is 0.257 e. The summed E-state index contributed by atoms with van der Waals surface area (Å²) in [6.07, 6.45) is 1.69. The van der Waals surface area contributed by atoms with E-state index in [4.69, 9.17) is 4.74 Å². The average Bonchev–Trinajstić information content (AvgIpc) is 3.36. The third-order valence-corrected chi connectivity index (χ3v) is 5.36. The molecule has 140 valence electrons. The van der Waals surface area contributed by atoms with Gasteiger partial charge in [0, 0.05) is 17.1 Å². The molecule has 0 saturated heterocycles. The van der Waals surface area contributed by atoms with Crippen LogP contribution in [0.15, 0.2) is 54.0 Å². The summed E-state index contributed by atoms with van der Waals surface area (Å²) in [5.74, 6) is 0.323. The second-order valence-corrected chi connectivity index (χ2v) is 7.80. The summed E-state index contributed by atoms with van der Waals surface area (Å²) in [5, 5.41) is 14.9. The van der Waals surface area contributed by atoms with Crippen molar-refractivity contribution in [3.63, 3.8) is 0 Å². The Morgan fingerprint density at radius 3 is 2.89 bits per heavy atom. The van der Waals surface area contributed by atoms with Gasteiger partial charge >= 0.3 is 0 Å². The minimum Gasteiger partial charge on any atom is -0.487 e. The van der Waals surface area contributed by atoms with Gasteiger partial charge in [0.25, 0.3) is 5.91 Å². The van der Waals surface area contributed by atoms with E-state index in [1.807, 2.05) is 30.5 Å². The molecule has 1 aromatic carbocycles. The minimum absolute atomic E-state index is 0.279. The summed E-state index contributed by atoms with van der Waals surface area (Å²) in [5.41, 5.74) is 2.06. The van der Waals surface area contributed by atoms with Gasteiger partial charge in [0.15, 0.2) is 5.01 Å². The van der Waals surface area contributed by atoms with Crippen molar-refractivity contribution in [2.45, 2.75) is 13.5 Å². The zero-order valence-corrected chi connectivity index (χ0v) is 16.5. The lowest BCUT2D eigenvalue weighted by Gasteiger charge is -2.06. The number of ether oxygens (including phenoxy) is 1. The van der Waals surface area contributed by atoms with Crippen LogP contribution in [-0.4, -0.2) is 26.1 Å². The fourth-order valence-electron chi connectivity index (χ4n) is 2.39. The van der Waals surface area contributed by atoms with Crippen molar-refractivity contribution in [3.8, 4) is 16.5 Å². The van der Waals surface area contributed by atoms with Crippen LogP contribution in [0.25, 0.3) is 10.7 Å². The van der Waals surface area contributed by atoms with Gasteiger partial charge in [-0.25, -0.2) is 4.98 Å². The molecular formula is C19H15N5O2S2. The first-order chi connectivity index (χ1) is 13.7. The normalized spacial score (nSPS) is 10.6. The lowest BCUT2D eigenvalue weighted by molar-refractivity contribution is 0.102. The number of aromatic nitrogens is 4. The standard InChI is InChI=1S/C19H15N5O2S2/c1-12-21-14(11-27-12)10-26-15-6-4-5-13(9-15)17(25)22-19-24-23-18(28-19)16-7-2-3-8-20-16/h2-9,11H,10H2,1H3,(H,22,24,25). The van der Waals surface area contributed by atoms with E-state index in [0.717, 1.165) is 10.7 Å². The lowest BCUT2D eigenvalue weighted by atomic mass is 10.2. The Morgan fingerprint density at radius 1 is 1.18 bits per heavy atom. The molecule has 0 unspecified atom stereocenters. The molecule has 0 saturated carbocycles. The van der Waals surface area contributed by atoms with Gasteiger partial charge in [-0.3, -0.25) is 15.1 Å². The molecule has 1 amide bonds. The molecule has 0 atom stereocenters. The van der Waals surface area contributed by atoms with Crippen LogP contribution < -0.4 is 10.1 Å². The second-order valence-electron chi connectivity index (χ2n) is 5.76. The molecule has 0 aliphatic carbocycles. The number of hydrogen-bond acceptors (Lipinski definition) is 8. The van der Waals surface area contributed by atoms with Crippen LogP contribution in [0.5, 0.6) is 5.75 Å². The number of anilines is 1. The van der Waals surface area contributed by atoms with E-state index in [1.165, 1.54) is 11.3 Å². The highest BCUT2D eigenvalue weighted by Crippen LogP contribution is 2.25. The smallest absolute Gasteiger partial charge is 0.257 e. The Bertz CT molecular complexity index is 1090. The number of carbonyl (C=O) groups is 1. The molecule has 7 nitrogen and oxygen atoms in total. The van der Waals surface area contributed by atoms with Crippen LogP contribution in [0.1, 0.15) is 21.1 Å². The molecule has 0 aliphatic rings. The third-order valence-electron chi connectivity index (χ3n) is 3.68. The zero-order chi connectivity index (χ0) is 19.3. The van der Waals surface area contributed by atoms with Crippen molar-refractivity contribution in [1.82, 2.24) is 20.2 Å². The quantitative estimate of drug-likeness (QED) is 0.513. The van der Waals surface area contributed by atoms with E-state index in [-0.39, 0.29) is 5.91 Å². The highest BCUT2D eigenvalue weighted by molar-refractivity contribution is 7.18. The van der Waals surface area contributed by atoms with Gasteiger partial charge in [-0.05, 0) is 37.3 Å². The summed E-state index contributed by atoms with van der Waals surface area (Å²) >= 11 is 2.85. The van der Waals surface area contributed by atoms with Crippen LogP contribution >= 0.6 is 22.7 Å². The number of pyridine rings is 1. The number of nitrogens with zero attached hydrogens (tertiary/aromatic N) is 4. The van der Waals surface area contributed by atoms with Gasteiger partial charge in [-0.1, -0.05) is 23.5 Å². The SMILES string of the molecule is Cc1nc(COc2cccc(C(=O)Nc3nnc(-c4ccccn4)s3)c2)cs1. The van der Waals surface area contributed by atoms with Crippen molar-refractivity contribution in [3.05, 3.63) is 70.3 Å². The largest absolute Gasteiger partial charge is 0.487 e. The first kappa shape index (κ1) is 18.2. The maximum absolute atomic E-state index is 12.5. The number of rotatable bonds is 6. The van der Waals surface area contributed by atoms with Crippen molar-refractivity contribution in [2.75, 3.05) is 5.32 Å². The molecule has 0 radical (unpaired) electrons. The predicted octanol–water partition coefficient (Wildman–Crippen LogP) is 4.20. The number of hydrogen-bond donors (Lipinski definition) is 1. The molecule has 0 spiro atoms. The highest BCUT2D eigenvalue weighted by atomic mass is 32.1. The number of carbonyl (C=O) groups excluding carboxylic acids is 1. The average molecular weight is 409 g/mol. The summed E-state index contributed by atoms with van der Waals surface area (Å²) in [6.45, 7) is 2.31. The van der Waals surface area contributed by atoms with E-state index in [2.05, 4.69) is 25.5 Å². The first-order valence-corrected chi connectivity index (χ1v) is 10.1. The fourth-order valence-corrected chi connectivity index (χ4v) is 3.71. The summed E-state index contributed by atoms with van der Waals surface area (Å²) in [4.78, 5) is 21.1.